The molecule has 0 saturated carbocycles. The van der Waals surface area contributed by atoms with Gasteiger partial charge in [-0.25, -0.2) is 0 Å². The van der Waals surface area contributed by atoms with Crippen LogP contribution in [0.3, 0.4) is 0 Å². The summed E-state index contributed by atoms with van der Waals surface area (Å²) in [6, 6.07) is 7.60. The van der Waals surface area contributed by atoms with E-state index in [2.05, 4.69) is 4.90 Å². The lowest BCUT2D eigenvalue weighted by molar-refractivity contribution is 0.263. The van der Waals surface area contributed by atoms with E-state index in [1.807, 2.05) is 24.3 Å². The molecule has 106 valence electrons. The molecule has 0 bridgehead atoms. The van der Waals surface area contributed by atoms with Crippen LogP contribution in [0.2, 0.25) is 0 Å². The second-order valence-electron chi connectivity index (χ2n) is 4.70. The first-order valence-electron chi connectivity index (χ1n) is 6.30. The van der Waals surface area contributed by atoms with Gasteiger partial charge < -0.3 is 27.5 Å². The fraction of sp³-hybridized carbons (Fsp3) is 0.500. The van der Waals surface area contributed by atoms with Crippen molar-refractivity contribution in [1.82, 2.24) is 4.90 Å². The van der Waals surface area contributed by atoms with Crippen molar-refractivity contribution in [2.24, 2.45) is 0 Å². The fourth-order valence-electron chi connectivity index (χ4n) is 2.29. The number of nitrogens with zero attached hydrogens (tertiary/aromatic N) is 2. The van der Waals surface area contributed by atoms with Gasteiger partial charge in [-0.3, -0.25) is 0 Å². The van der Waals surface area contributed by atoms with E-state index >= 15 is 0 Å². The number of ether oxygens (including phenoxy) is 1. The Morgan fingerprint density at radius 1 is 1.16 bits per heavy atom. The molecule has 7 heteroatoms. The van der Waals surface area contributed by atoms with Gasteiger partial charge >= 0.3 is 6.98 Å². The first kappa shape index (κ1) is 14.1. The lowest BCUT2D eigenvalue weighted by atomic mass is 9.91. The van der Waals surface area contributed by atoms with Gasteiger partial charge in [0.2, 0.25) is 0 Å². The Hall–Kier alpha value is -1.37. The summed E-state index contributed by atoms with van der Waals surface area (Å²) >= 11 is 0. The van der Waals surface area contributed by atoms with Crippen LogP contribution in [0.5, 0.6) is 5.75 Å². The summed E-state index contributed by atoms with van der Waals surface area (Å²) < 4.78 is 42.2. The van der Waals surface area contributed by atoms with Gasteiger partial charge in [0.05, 0.1) is 7.11 Å². The Kier molecular flexibility index (Phi) is 4.24. The van der Waals surface area contributed by atoms with Crippen LogP contribution in [-0.4, -0.2) is 51.6 Å². The van der Waals surface area contributed by atoms with E-state index in [0.717, 1.165) is 11.4 Å². The summed E-state index contributed by atoms with van der Waals surface area (Å²) in [5.41, 5.74) is 0.997. The van der Waals surface area contributed by atoms with Gasteiger partial charge in [0.15, 0.2) is 0 Å². The van der Waals surface area contributed by atoms with Gasteiger partial charge in [-0.15, -0.1) is 0 Å². The van der Waals surface area contributed by atoms with Gasteiger partial charge in [-0.1, -0.05) is 6.07 Å². The lowest BCUT2D eigenvalue weighted by Crippen LogP contribution is -2.50. The Morgan fingerprint density at radius 3 is 2.42 bits per heavy atom. The predicted octanol–water partition coefficient (Wildman–Crippen LogP) is 2.20. The van der Waals surface area contributed by atoms with E-state index in [0.29, 0.717) is 26.2 Å². The number of halogens is 3. The molecule has 0 radical (unpaired) electrons. The van der Waals surface area contributed by atoms with E-state index in [9.17, 15) is 12.9 Å². The minimum atomic E-state index is -4.73. The first-order chi connectivity index (χ1) is 8.98. The largest absolute Gasteiger partial charge is 0.497 e. The van der Waals surface area contributed by atoms with E-state index in [4.69, 9.17) is 4.74 Å². The molecule has 1 aliphatic rings. The molecule has 1 saturated heterocycles. The van der Waals surface area contributed by atoms with Crippen LogP contribution in [0.25, 0.3) is 0 Å². The molecule has 1 fully saturated rings. The highest BCUT2D eigenvalue weighted by atomic mass is 19.4. The molecule has 2 rings (SSSR count). The molecule has 0 spiro atoms. The maximum absolute atomic E-state index is 12.3. The topological polar surface area (TPSA) is 15.7 Å². The standard InChI is InChI=1S/C12H17BF3N2O/c1-19-12-4-2-3-11(9-12)18-7-5-17(6-8-18)10-13(14,15)16/h2-4,9H,5-8,10H2,1H3/q-1. The molecule has 3 nitrogen and oxygen atoms in total. The minimum absolute atomic E-state index is 0.443. The molecule has 0 unspecified atom stereocenters. The zero-order valence-corrected chi connectivity index (χ0v) is 10.9. The summed E-state index contributed by atoms with van der Waals surface area (Å²) in [7, 11) is 1.60. The van der Waals surface area contributed by atoms with Crippen LogP contribution in [0.4, 0.5) is 18.6 Å². The zero-order chi connectivity index (χ0) is 13.9. The Balaban J connectivity index is 1.92. The number of methoxy groups -OCH3 is 1. The van der Waals surface area contributed by atoms with Crippen LogP contribution in [0, 0.1) is 0 Å². The molecule has 1 aromatic carbocycles. The normalized spacial score (nSPS) is 17.6. The Bertz CT molecular complexity index is 420. The third kappa shape index (κ3) is 4.06. The van der Waals surface area contributed by atoms with Crippen molar-refractivity contribution in [3.63, 3.8) is 0 Å². The number of piperazine rings is 1. The van der Waals surface area contributed by atoms with Crippen LogP contribution in [-0.2, 0) is 0 Å². The van der Waals surface area contributed by atoms with Crippen LogP contribution in [0.1, 0.15) is 0 Å². The molecule has 1 aliphatic heterocycles. The molecule has 0 aromatic heterocycles. The predicted molar refractivity (Wildman–Crippen MR) is 70.7 cm³/mol. The summed E-state index contributed by atoms with van der Waals surface area (Å²) in [5, 5.41) is 0. The number of rotatable bonds is 4. The number of hydrogen-bond acceptors (Lipinski definition) is 3. The summed E-state index contributed by atoms with van der Waals surface area (Å²) in [6.45, 7) is -2.62. The highest BCUT2D eigenvalue weighted by Crippen LogP contribution is 2.22. The van der Waals surface area contributed by atoms with Crippen molar-refractivity contribution in [2.45, 2.75) is 0 Å². The van der Waals surface area contributed by atoms with Gasteiger partial charge in [-0.05, 0) is 18.6 Å². The Morgan fingerprint density at radius 2 is 1.84 bits per heavy atom. The second-order valence-corrected chi connectivity index (χ2v) is 4.70. The molecular weight excluding hydrogens is 256 g/mol. The summed E-state index contributed by atoms with van der Waals surface area (Å²) in [4.78, 5) is 3.55. The van der Waals surface area contributed by atoms with Gasteiger partial charge in [0.25, 0.3) is 0 Å². The van der Waals surface area contributed by atoms with E-state index in [1.54, 1.807) is 7.11 Å². The third-order valence-electron chi connectivity index (χ3n) is 3.26. The molecular formula is C12H17BF3N2O-. The lowest BCUT2D eigenvalue weighted by Gasteiger charge is -2.38. The van der Waals surface area contributed by atoms with Crippen LogP contribution >= 0.6 is 0 Å². The quantitative estimate of drug-likeness (QED) is 0.782. The maximum atomic E-state index is 12.3. The van der Waals surface area contributed by atoms with E-state index in [-0.39, 0.29) is 0 Å². The first-order valence-corrected chi connectivity index (χ1v) is 6.30. The number of anilines is 1. The smallest absolute Gasteiger partial charge is 0.492 e. The summed E-state index contributed by atoms with van der Waals surface area (Å²) in [6.07, 6.45) is -0.758. The maximum Gasteiger partial charge on any atom is 0.492 e. The molecule has 19 heavy (non-hydrogen) atoms. The van der Waals surface area contributed by atoms with Crippen molar-refractivity contribution in [3.8, 4) is 5.75 Å². The highest BCUT2D eigenvalue weighted by Gasteiger charge is 2.28. The second kappa shape index (κ2) is 5.73. The van der Waals surface area contributed by atoms with Crippen molar-refractivity contribution in [2.75, 3.05) is 44.6 Å². The number of benzene rings is 1. The fourth-order valence-corrected chi connectivity index (χ4v) is 2.29. The average molecular weight is 273 g/mol. The van der Waals surface area contributed by atoms with Gasteiger partial charge in [0, 0.05) is 37.9 Å². The SMILES string of the molecule is COc1cccc(N2CCN(C[B-](F)(F)F)CC2)c1. The Labute approximate surface area is 111 Å². The van der Waals surface area contributed by atoms with Gasteiger partial charge in [0.1, 0.15) is 5.75 Å². The van der Waals surface area contributed by atoms with Crippen molar-refractivity contribution in [3.05, 3.63) is 24.3 Å². The van der Waals surface area contributed by atoms with Crippen LogP contribution < -0.4 is 9.64 Å². The molecule has 0 aliphatic carbocycles. The molecule has 0 atom stereocenters. The molecule has 1 aromatic rings. The third-order valence-corrected chi connectivity index (χ3v) is 3.26. The highest BCUT2D eigenvalue weighted by molar-refractivity contribution is 6.58. The number of hydrogen-bond donors (Lipinski definition) is 0. The van der Waals surface area contributed by atoms with E-state index < -0.39 is 13.4 Å². The minimum Gasteiger partial charge on any atom is -0.497 e. The summed E-state index contributed by atoms with van der Waals surface area (Å²) in [5.74, 6) is 0.763. The van der Waals surface area contributed by atoms with Gasteiger partial charge in [-0.2, -0.15) is 0 Å². The molecule has 1 heterocycles. The average Bonchev–Trinajstić information content (AvgIpc) is 2.38. The van der Waals surface area contributed by atoms with Crippen molar-refractivity contribution < 1.29 is 17.7 Å². The van der Waals surface area contributed by atoms with Crippen molar-refractivity contribution >= 4 is 12.7 Å². The van der Waals surface area contributed by atoms with Crippen LogP contribution in [0.15, 0.2) is 24.3 Å². The van der Waals surface area contributed by atoms with E-state index in [1.165, 1.54) is 4.90 Å². The zero-order valence-electron chi connectivity index (χ0n) is 10.9. The molecule has 0 N–H and O–H groups in total. The van der Waals surface area contributed by atoms with Crippen molar-refractivity contribution in [1.29, 1.82) is 0 Å². The molecule has 0 amide bonds. The monoisotopic (exact) mass is 273 g/mol.